The van der Waals surface area contributed by atoms with Crippen LogP contribution in [0, 0.1) is 0 Å². The number of rotatable bonds is 8. The van der Waals surface area contributed by atoms with Crippen molar-refractivity contribution in [3.8, 4) is 5.75 Å². The van der Waals surface area contributed by atoms with Gasteiger partial charge < -0.3 is 19.5 Å². The Balaban J connectivity index is 2.72. The highest BCUT2D eigenvalue weighted by atomic mass is 35.5. The van der Waals surface area contributed by atoms with E-state index < -0.39 is 35.9 Å². The summed E-state index contributed by atoms with van der Waals surface area (Å²) in [6.45, 7) is 12.1. The third kappa shape index (κ3) is 8.40. The van der Waals surface area contributed by atoms with Gasteiger partial charge >= 0.3 is 12.1 Å². The van der Waals surface area contributed by atoms with E-state index in [0.717, 1.165) is 0 Å². The van der Waals surface area contributed by atoms with Crippen molar-refractivity contribution in [1.82, 2.24) is 5.32 Å². The van der Waals surface area contributed by atoms with Crippen LogP contribution in [0.5, 0.6) is 5.75 Å². The fraction of sp³-hybridized carbons (Fsp3) is 0.500. The van der Waals surface area contributed by atoms with Crippen LogP contribution in [0.4, 0.5) is 4.79 Å². The molecular formula is C20H27Cl2NO5. The molecule has 0 aliphatic carbocycles. The van der Waals surface area contributed by atoms with Gasteiger partial charge in [-0.25, -0.2) is 9.59 Å². The van der Waals surface area contributed by atoms with Crippen LogP contribution in [-0.4, -0.2) is 35.9 Å². The van der Waals surface area contributed by atoms with Gasteiger partial charge in [0.15, 0.2) is 0 Å². The number of esters is 1. The first-order chi connectivity index (χ1) is 12.9. The van der Waals surface area contributed by atoms with Crippen LogP contribution < -0.4 is 10.1 Å². The second kappa shape index (κ2) is 10.6. The van der Waals surface area contributed by atoms with Crippen molar-refractivity contribution >= 4 is 35.3 Å². The van der Waals surface area contributed by atoms with Crippen molar-refractivity contribution in [2.75, 3.05) is 0 Å². The van der Waals surface area contributed by atoms with Crippen LogP contribution in [0.25, 0.3) is 0 Å². The minimum Gasteiger partial charge on any atom is -0.485 e. The zero-order valence-corrected chi connectivity index (χ0v) is 18.3. The highest BCUT2D eigenvalue weighted by Crippen LogP contribution is 2.29. The number of halogens is 2. The van der Waals surface area contributed by atoms with Crippen molar-refractivity contribution in [2.45, 2.75) is 64.9 Å². The SMILES string of the molecule is C=CCC(OC(=O)C(C)NC(=O)OC(C)(C)C)C(C)Oc1ccc(Cl)cc1Cl. The van der Waals surface area contributed by atoms with Gasteiger partial charge in [0.2, 0.25) is 0 Å². The lowest BCUT2D eigenvalue weighted by atomic mass is 10.1. The second-order valence-corrected chi connectivity index (χ2v) is 8.11. The average molecular weight is 432 g/mol. The van der Waals surface area contributed by atoms with Crippen molar-refractivity contribution in [1.29, 1.82) is 0 Å². The summed E-state index contributed by atoms with van der Waals surface area (Å²) in [6.07, 6.45) is 0.133. The van der Waals surface area contributed by atoms with Crippen LogP contribution in [0.3, 0.4) is 0 Å². The molecule has 0 aliphatic rings. The Morgan fingerprint density at radius 2 is 1.89 bits per heavy atom. The smallest absolute Gasteiger partial charge is 0.408 e. The molecule has 0 aromatic heterocycles. The topological polar surface area (TPSA) is 73.9 Å². The van der Waals surface area contributed by atoms with Gasteiger partial charge in [0, 0.05) is 11.4 Å². The van der Waals surface area contributed by atoms with Gasteiger partial charge in [-0.3, -0.25) is 0 Å². The molecule has 0 bridgehead atoms. The van der Waals surface area contributed by atoms with Crippen molar-refractivity contribution in [3.63, 3.8) is 0 Å². The molecule has 1 aromatic rings. The third-order valence-electron chi connectivity index (χ3n) is 3.48. The minimum atomic E-state index is -0.895. The summed E-state index contributed by atoms with van der Waals surface area (Å²) < 4.78 is 16.5. The van der Waals surface area contributed by atoms with Crippen LogP contribution in [-0.2, 0) is 14.3 Å². The Morgan fingerprint density at radius 1 is 1.25 bits per heavy atom. The van der Waals surface area contributed by atoms with Gasteiger partial charge in [0.05, 0.1) is 5.02 Å². The molecule has 3 atom stereocenters. The van der Waals surface area contributed by atoms with Gasteiger partial charge in [-0.2, -0.15) is 0 Å². The maximum atomic E-state index is 12.4. The molecule has 1 amide bonds. The van der Waals surface area contributed by atoms with E-state index in [1.807, 2.05) is 0 Å². The molecule has 28 heavy (non-hydrogen) atoms. The molecule has 1 N–H and O–H groups in total. The molecule has 8 heteroatoms. The average Bonchev–Trinajstić information content (AvgIpc) is 2.54. The second-order valence-electron chi connectivity index (χ2n) is 7.27. The predicted octanol–water partition coefficient (Wildman–Crippen LogP) is 5.16. The maximum Gasteiger partial charge on any atom is 0.408 e. The van der Waals surface area contributed by atoms with Gasteiger partial charge in [-0.05, 0) is 52.8 Å². The lowest BCUT2D eigenvalue weighted by molar-refractivity contribution is -0.155. The zero-order chi connectivity index (χ0) is 21.5. The van der Waals surface area contributed by atoms with E-state index in [1.54, 1.807) is 52.0 Å². The van der Waals surface area contributed by atoms with Crippen LogP contribution in [0.2, 0.25) is 10.0 Å². The van der Waals surface area contributed by atoms with E-state index in [-0.39, 0.29) is 0 Å². The maximum absolute atomic E-state index is 12.4. The zero-order valence-electron chi connectivity index (χ0n) is 16.8. The summed E-state index contributed by atoms with van der Waals surface area (Å²) in [5, 5.41) is 3.29. The summed E-state index contributed by atoms with van der Waals surface area (Å²) in [7, 11) is 0. The van der Waals surface area contributed by atoms with E-state index in [0.29, 0.717) is 22.2 Å². The van der Waals surface area contributed by atoms with E-state index in [1.165, 1.54) is 6.92 Å². The molecule has 6 nitrogen and oxygen atoms in total. The first-order valence-electron chi connectivity index (χ1n) is 8.85. The first-order valence-corrected chi connectivity index (χ1v) is 9.61. The number of ether oxygens (including phenoxy) is 3. The largest absolute Gasteiger partial charge is 0.485 e. The lowest BCUT2D eigenvalue weighted by Gasteiger charge is -2.26. The molecule has 0 radical (unpaired) electrons. The van der Waals surface area contributed by atoms with Crippen molar-refractivity contribution < 1.29 is 23.8 Å². The van der Waals surface area contributed by atoms with Crippen LogP contribution in [0.15, 0.2) is 30.9 Å². The number of carbonyl (C=O) groups excluding carboxylic acids is 2. The minimum absolute atomic E-state index is 0.350. The number of amides is 1. The Morgan fingerprint density at radius 3 is 2.43 bits per heavy atom. The molecule has 1 rings (SSSR count). The Labute approximate surface area is 176 Å². The molecule has 0 heterocycles. The van der Waals surface area contributed by atoms with Crippen LogP contribution >= 0.6 is 23.2 Å². The standard InChI is InChI=1S/C20H27Cl2NO5/c1-7-8-16(13(3)26-17-10-9-14(21)11-15(17)22)27-18(24)12(2)23-19(25)28-20(4,5)6/h7,9-13,16H,1,8H2,2-6H3,(H,23,25). The lowest BCUT2D eigenvalue weighted by Crippen LogP contribution is -2.45. The van der Waals surface area contributed by atoms with Crippen molar-refractivity contribution in [2.24, 2.45) is 0 Å². The Bertz CT molecular complexity index is 702. The summed E-state index contributed by atoms with van der Waals surface area (Å²) in [4.78, 5) is 24.2. The van der Waals surface area contributed by atoms with Gasteiger partial charge in [-0.15, -0.1) is 6.58 Å². The van der Waals surface area contributed by atoms with Crippen molar-refractivity contribution in [3.05, 3.63) is 40.9 Å². The molecule has 0 saturated heterocycles. The summed E-state index contributed by atoms with van der Waals surface area (Å²) >= 11 is 12.0. The van der Waals surface area contributed by atoms with Crippen LogP contribution in [0.1, 0.15) is 41.0 Å². The van der Waals surface area contributed by atoms with E-state index in [2.05, 4.69) is 11.9 Å². The summed E-state index contributed by atoms with van der Waals surface area (Å²) in [5.74, 6) is -0.195. The predicted molar refractivity (Wildman–Crippen MR) is 110 cm³/mol. The molecule has 3 unspecified atom stereocenters. The van der Waals surface area contributed by atoms with E-state index >= 15 is 0 Å². The third-order valence-corrected chi connectivity index (χ3v) is 4.01. The summed E-state index contributed by atoms with van der Waals surface area (Å²) in [5.41, 5.74) is -0.667. The van der Waals surface area contributed by atoms with E-state index in [9.17, 15) is 9.59 Å². The molecule has 1 aromatic carbocycles. The molecule has 156 valence electrons. The number of carbonyl (C=O) groups is 2. The normalized spacial score (nSPS) is 14.4. The number of hydrogen-bond acceptors (Lipinski definition) is 5. The number of hydrogen-bond donors (Lipinski definition) is 1. The number of benzene rings is 1. The van der Waals surface area contributed by atoms with Gasteiger partial charge in [-0.1, -0.05) is 29.3 Å². The number of alkyl carbamates (subject to hydrolysis) is 1. The first kappa shape index (κ1) is 24.1. The summed E-state index contributed by atoms with van der Waals surface area (Å²) in [6, 6.07) is 3.96. The van der Waals surface area contributed by atoms with E-state index in [4.69, 9.17) is 37.4 Å². The molecule has 0 fully saturated rings. The van der Waals surface area contributed by atoms with Gasteiger partial charge in [0.25, 0.3) is 0 Å². The molecule has 0 saturated carbocycles. The number of nitrogens with one attached hydrogen (secondary N) is 1. The fourth-order valence-corrected chi connectivity index (χ4v) is 2.59. The molecule has 0 aliphatic heterocycles. The molecule has 0 spiro atoms. The quantitative estimate of drug-likeness (QED) is 0.454. The fourth-order valence-electron chi connectivity index (χ4n) is 2.14. The van der Waals surface area contributed by atoms with Gasteiger partial charge in [0.1, 0.15) is 29.6 Å². The Hall–Kier alpha value is -1.92. The molecular weight excluding hydrogens is 405 g/mol. The highest BCUT2D eigenvalue weighted by Gasteiger charge is 2.27. The monoisotopic (exact) mass is 431 g/mol. The Kier molecular flexibility index (Phi) is 9.11. The highest BCUT2D eigenvalue weighted by molar-refractivity contribution is 6.35.